The molecular weight excluding hydrogens is 254 g/mol. The lowest BCUT2D eigenvalue weighted by molar-refractivity contribution is 0.0511. The van der Waals surface area contributed by atoms with Crippen LogP contribution >= 0.6 is 0 Å². The third-order valence-corrected chi connectivity index (χ3v) is 2.80. The third kappa shape index (κ3) is 3.91. The summed E-state index contributed by atoms with van der Waals surface area (Å²) in [4.78, 5) is 12.0. The number of carboxylic acid groups (broad SMARTS) is 1. The average Bonchev–Trinajstić information content (AvgIpc) is 2.36. The molecule has 0 spiro atoms. The fourth-order valence-corrected chi connectivity index (χ4v) is 1.74. The van der Waals surface area contributed by atoms with Crippen molar-refractivity contribution in [1.82, 2.24) is 4.90 Å². The van der Waals surface area contributed by atoms with Gasteiger partial charge >= 0.3 is 6.09 Å². The van der Waals surface area contributed by atoms with E-state index < -0.39 is 24.5 Å². The van der Waals surface area contributed by atoms with E-state index >= 15 is 0 Å². The molecule has 1 rings (SSSR count). The van der Waals surface area contributed by atoms with Gasteiger partial charge in [0.05, 0.1) is 12.6 Å². The van der Waals surface area contributed by atoms with Crippen LogP contribution in [-0.4, -0.2) is 28.1 Å². The Hall–Kier alpha value is -2.16. The van der Waals surface area contributed by atoms with Crippen LogP contribution in [-0.2, 0) is 6.54 Å². The highest BCUT2D eigenvalue weighted by Crippen LogP contribution is 2.25. The predicted molar refractivity (Wildman–Crippen MR) is 64.6 cm³/mol. The molecule has 1 atom stereocenters. The van der Waals surface area contributed by atoms with Crippen molar-refractivity contribution in [3.8, 4) is 6.07 Å². The van der Waals surface area contributed by atoms with Crippen LogP contribution < -0.4 is 0 Å². The second kappa shape index (κ2) is 6.14. The van der Waals surface area contributed by atoms with E-state index in [-0.39, 0.29) is 6.54 Å². The van der Waals surface area contributed by atoms with E-state index in [9.17, 15) is 13.6 Å². The number of alkyl halides is 2. The Balaban J connectivity index is 3.00. The maximum atomic E-state index is 12.5. The van der Waals surface area contributed by atoms with Gasteiger partial charge in [-0.3, -0.25) is 4.90 Å². The number of carbonyl (C=O) groups is 1. The third-order valence-electron chi connectivity index (χ3n) is 2.80. The predicted octanol–water partition coefficient (Wildman–Crippen LogP) is 3.10. The van der Waals surface area contributed by atoms with Crippen molar-refractivity contribution >= 4 is 6.09 Å². The van der Waals surface area contributed by atoms with Crippen LogP contribution in [0.3, 0.4) is 0 Å². The lowest BCUT2D eigenvalue weighted by Gasteiger charge is -2.33. The highest BCUT2D eigenvalue weighted by atomic mass is 19.3. The first-order chi connectivity index (χ1) is 8.89. The summed E-state index contributed by atoms with van der Waals surface area (Å²) in [5.41, 5.74) is -1.11. The van der Waals surface area contributed by atoms with Crippen molar-refractivity contribution in [2.45, 2.75) is 31.9 Å². The summed E-state index contributed by atoms with van der Waals surface area (Å²) in [7, 11) is 0. The first kappa shape index (κ1) is 14.9. The fourth-order valence-electron chi connectivity index (χ4n) is 1.74. The zero-order chi connectivity index (χ0) is 14.5. The maximum Gasteiger partial charge on any atom is 0.408 e. The van der Waals surface area contributed by atoms with Crippen LogP contribution in [0.5, 0.6) is 0 Å². The van der Waals surface area contributed by atoms with E-state index in [1.54, 1.807) is 36.4 Å². The first-order valence-electron chi connectivity index (χ1n) is 5.63. The summed E-state index contributed by atoms with van der Waals surface area (Å²) in [6.07, 6.45) is -4.96. The lowest BCUT2D eigenvalue weighted by Crippen LogP contribution is -2.49. The Labute approximate surface area is 109 Å². The molecule has 0 saturated heterocycles. The summed E-state index contributed by atoms with van der Waals surface area (Å²) in [5, 5.41) is 18.2. The molecule has 0 aliphatic rings. The van der Waals surface area contributed by atoms with E-state index in [2.05, 4.69) is 0 Å². The van der Waals surface area contributed by atoms with E-state index in [4.69, 9.17) is 10.4 Å². The Morgan fingerprint density at radius 3 is 2.47 bits per heavy atom. The summed E-state index contributed by atoms with van der Waals surface area (Å²) in [6, 6.07) is 10.2. The summed E-state index contributed by atoms with van der Waals surface area (Å²) in [5.74, 6) is 0. The van der Waals surface area contributed by atoms with Gasteiger partial charge in [0, 0.05) is 6.42 Å². The Bertz CT molecular complexity index is 473. The molecule has 1 aromatic rings. The van der Waals surface area contributed by atoms with E-state index in [0.29, 0.717) is 5.56 Å². The minimum absolute atomic E-state index is 0.104. The van der Waals surface area contributed by atoms with Gasteiger partial charge < -0.3 is 5.11 Å². The number of hydrogen-bond donors (Lipinski definition) is 1. The highest BCUT2D eigenvalue weighted by Gasteiger charge is 2.38. The zero-order valence-electron chi connectivity index (χ0n) is 10.4. The number of hydrogen-bond acceptors (Lipinski definition) is 2. The van der Waals surface area contributed by atoms with Crippen molar-refractivity contribution in [2.24, 2.45) is 0 Å². The molecule has 1 aromatic carbocycles. The van der Waals surface area contributed by atoms with Gasteiger partial charge in [-0.25, -0.2) is 13.6 Å². The van der Waals surface area contributed by atoms with Gasteiger partial charge in [0.1, 0.15) is 5.54 Å². The molecular formula is C13H14F2N2O2. The first-order valence-corrected chi connectivity index (χ1v) is 5.63. The quantitative estimate of drug-likeness (QED) is 0.892. The van der Waals surface area contributed by atoms with Crippen molar-refractivity contribution in [1.29, 1.82) is 5.26 Å². The highest BCUT2D eigenvalue weighted by molar-refractivity contribution is 5.67. The lowest BCUT2D eigenvalue weighted by atomic mass is 9.97. The molecule has 1 N–H and O–H groups in total. The number of rotatable bonds is 5. The molecule has 6 heteroatoms. The van der Waals surface area contributed by atoms with Gasteiger partial charge in [-0.1, -0.05) is 30.3 Å². The maximum absolute atomic E-state index is 12.5. The van der Waals surface area contributed by atoms with Crippen LogP contribution in [0.1, 0.15) is 18.9 Å². The molecule has 0 radical (unpaired) electrons. The van der Waals surface area contributed by atoms with Crippen LogP contribution in [0, 0.1) is 11.3 Å². The van der Waals surface area contributed by atoms with Crippen LogP contribution in [0.2, 0.25) is 0 Å². The van der Waals surface area contributed by atoms with Gasteiger partial charge in [-0.2, -0.15) is 5.26 Å². The molecule has 0 heterocycles. The molecule has 4 nitrogen and oxygen atoms in total. The van der Waals surface area contributed by atoms with Crippen molar-refractivity contribution < 1.29 is 18.7 Å². The Morgan fingerprint density at radius 2 is 2.05 bits per heavy atom. The zero-order valence-corrected chi connectivity index (χ0v) is 10.4. The van der Waals surface area contributed by atoms with E-state index in [1.165, 1.54) is 6.92 Å². The largest absolute Gasteiger partial charge is 0.465 e. The average molecular weight is 268 g/mol. The number of nitriles is 1. The van der Waals surface area contributed by atoms with Crippen molar-refractivity contribution in [3.63, 3.8) is 0 Å². The second-order valence-electron chi connectivity index (χ2n) is 4.34. The molecule has 0 aliphatic heterocycles. The standard InChI is InChI=1S/C13H14F2N2O2/c1-13(9-16,7-11(14)15)17(12(18)19)8-10-5-3-2-4-6-10/h2-6,11H,7-8H2,1H3,(H,18,19). The monoisotopic (exact) mass is 268 g/mol. The normalized spacial score (nSPS) is 13.6. The minimum atomic E-state index is -2.75. The molecule has 0 aromatic heterocycles. The summed E-state index contributed by atoms with van der Waals surface area (Å²) < 4.78 is 25.0. The van der Waals surface area contributed by atoms with Crippen LogP contribution in [0.15, 0.2) is 30.3 Å². The molecule has 102 valence electrons. The fraction of sp³-hybridized carbons (Fsp3) is 0.385. The molecule has 0 saturated carbocycles. The molecule has 0 fully saturated rings. The molecule has 19 heavy (non-hydrogen) atoms. The molecule has 1 unspecified atom stereocenters. The van der Waals surface area contributed by atoms with Crippen molar-refractivity contribution in [3.05, 3.63) is 35.9 Å². The van der Waals surface area contributed by atoms with Gasteiger partial charge in [-0.05, 0) is 12.5 Å². The smallest absolute Gasteiger partial charge is 0.408 e. The molecule has 0 bridgehead atoms. The van der Waals surface area contributed by atoms with Gasteiger partial charge in [0.2, 0.25) is 6.43 Å². The summed E-state index contributed by atoms with van der Waals surface area (Å²) >= 11 is 0. The molecule has 1 amide bonds. The Morgan fingerprint density at radius 1 is 1.47 bits per heavy atom. The number of benzene rings is 1. The molecule has 0 aliphatic carbocycles. The van der Waals surface area contributed by atoms with Crippen molar-refractivity contribution in [2.75, 3.05) is 0 Å². The topological polar surface area (TPSA) is 64.3 Å². The number of amides is 1. The minimum Gasteiger partial charge on any atom is -0.465 e. The SMILES string of the molecule is CC(C#N)(CC(F)F)N(Cc1ccccc1)C(=O)O. The Kier molecular flexibility index (Phi) is 4.81. The van der Waals surface area contributed by atoms with Gasteiger partial charge in [0.15, 0.2) is 0 Å². The van der Waals surface area contributed by atoms with Crippen LogP contribution in [0.4, 0.5) is 13.6 Å². The van der Waals surface area contributed by atoms with Crippen LogP contribution in [0.25, 0.3) is 0 Å². The van der Waals surface area contributed by atoms with Gasteiger partial charge in [0.25, 0.3) is 0 Å². The summed E-state index contributed by atoms with van der Waals surface area (Å²) in [6.45, 7) is 1.10. The van der Waals surface area contributed by atoms with E-state index in [1.807, 2.05) is 0 Å². The second-order valence-corrected chi connectivity index (χ2v) is 4.34. The number of nitrogens with zero attached hydrogens (tertiary/aromatic N) is 2. The van der Waals surface area contributed by atoms with Gasteiger partial charge in [-0.15, -0.1) is 0 Å². The van der Waals surface area contributed by atoms with E-state index in [0.717, 1.165) is 4.90 Å². The number of halogens is 2.